The zero-order valence-electron chi connectivity index (χ0n) is 12.0. The summed E-state index contributed by atoms with van der Waals surface area (Å²) in [7, 11) is 0. The first kappa shape index (κ1) is 14.0. The first-order chi connectivity index (χ1) is 9.95. The molecule has 4 heteroatoms. The van der Waals surface area contributed by atoms with Gasteiger partial charge in [-0.2, -0.15) is 0 Å². The number of fused-ring (bicyclic) bond motifs is 1. The molecular weight excluding hydrogens is 272 g/mol. The molecule has 2 N–H and O–H groups in total. The van der Waals surface area contributed by atoms with Crippen molar-refractivity contribution in [2.24, 2.45) is 5.73 Å². The molecule has 3 rings (SSSR count). The highest BCUT2D eigenvalue weighted by molar-refractivity contribution is 5.44. The van der Waals surface area contributed by atoms with E-state index in [0.29, 0.717) is 11.1 Å². The summed E-state index contributed by atoms with van der Waals surface area (Å²) < 4.78 is 33.0. The van der Waals surface area contributed by atoms with Crippen LogP contribution in [0.4, 0.5) is 8.78 Å². The van der Waals surface area contributed by atoms with Gasteiger partial charge >= 0.3 is 0 Å². The Labute approximate surface area is 122 Å². The van der Waals surface area contributed by atoms with Crippen LogP contribution in [0.2, 0.25) is 0 Å². The lowest BCUT2D eigenvalue weighted by Gasteiger charge is -2.15. The predicted octanol–water partition coefficient (Wildman–Crippen LogP) is 3.64. The monoisotopic (exact) mass is 289 g/mol. The second kappa shape index (κ2) is 5.11. The first-order valence-electron chi connectivity index (χ1n) is 6.96. The van der Waals surface area contributed by atoms with Gasteiger partial charge in [0.25, 0.3) is 0 Å². The van der Waals surface area contributed by atoms with Gasteiger partial charge < -0.3 is 10.5 Å². The molecule has 0 aliphatic carbocycles. The highest BCUT2D eigenvalue weighted by atomic mass is 19.1. The molecule has 1 heterocycles. The third kappa shape index (κ3) is 2.51. The molecule has 1 aliphatic heterocycles. The summed E-state index contributed by atoms with van der Waals surface area (Å²) >= 11 is 0. The summed E-state index contributed by atoms with van der Waals surface area (Å²) in [5.41, 5.74) is 8.74. The number of halogens is 2. The van der Waals surface area contributed by atoms with Crippen molar-refractivity contribution in [3.63, 3.8) is 0 Å². The summed E-state index contributed by atoms with van der Waals surface area (Å²) in [4.78, 5) is 0. The van der Waals surface area contributed by atoms with Crippen LogP contribution in [0.1, 0.15) is 35.2 Å². The van der Waals surface area contributed by atoms with Crippen molar-refractivity contribution in [2.75, 3.05) is 0 Å². The van der Waals surface area contributed by atoms with Gasteiger partial charge in [-0.15, -0.1) is 0 Å². The van der Waals surface area contributed by atoms with Gasteiger partial charge in [-0.05, 0) is 42.7 Å². The third-order valence-electron chi connectivity index (χ3n) is 3.89. The average Bonchev–Trinajstić information content (AvgIpc) is 2.81. The number of aryl methyl sites for hydroxylation is 1. The van der Waals surface area contributed by atoms with E-state index in [9.17, 15) is 8.78 Å². The third-order valence-corrected chi connectivity index (χ3v) is 3.89. The maximum Gasteiger partial charge on any atom is 0.131 e. The van der Waals surface area contributed by atoms with Crippen molar-refractivity contribution in [2.45, 2.75) is 32.4 Å². The molecule has 2 aromatic carbocycles. The summed E-state index contributed by atoms with van der Waals surface area (Å²) in [6.07, 6.45) is 0.970. The number of hydrogen-bond acceptors (Lipinski definition) is 2. The molecule has 2 nitrogen and oxygen atoms in total. The van der Waals surface area contributed by atoms with Gasteiger partial charge in [0.2, 0.25) is 0 Å². The van der Waals surface area contributed by atoms with Crippen LogP contribution in [-0.4, -0.2) is 6.10 Å². The molecule has 0 aromatic heterocycles. The molecule has 2 aromatic rings. The maximum absolute atomic E-state index is 14.0. The Morgan fingerprint density at radius 1 is 1.19 bits per heavy atom. The van der Waals surface area contributed by atoms with Gasteiger partial charge in [0, 0.05) is 18.1 Å². The molecule has 0 saturated carbocycles. The largest absolute Gasteiger partial charge is 0.490 e. The average molecular weight is 289 g/mol. The standard InChI is InChI=1S/C17H17F2NO/c1-9-5-13(15(19)8-14(9)18)17(20)11-3-4-16-12(7-11)6-10(2)21-16/h3-5,7-8,10,17H,6,20H2,1-2H3. The predicted molar refractivity (Wildman–Crippen MR) is 77.4 cm³/mol. The number of nitrogens with two attached hydrogens (primary N) is 1. The minimum absolute atomic E-state index is 0.149. The highest BCUT2D eigenvalue weighted by Gasteiger charge is 2.22. The van der Waals surface area contributed by atoms with E-state index >= 15 is 0 Å². The summed E-state index contributed by atoms with van der Waals surface area (Å²) in [6, 6.07) is 7.39. The molecule has 2 unspecified atom stereocenters. The Balaban J connectivity index is 1.98. The summed E-state index contributed by atoms with van der Waals surface area (Å²) in [6.45, 7) is 3.60. The Morgan fingerprint density at radius 3 is 2.71 bits per heavy atom. The van der Waals surface area contributed by atoms with Crippen molar-refractivity contribution >= 4 is 0 Å². The zero-order chi connectivity index (χ0) is 15.1. The molecule has 0 saturated heterocycles. The Kier molecular flexibility index (Phi) is 3.41. The van der Waals surface area contributed by atoms with Crippen molar-refractivity contribution in [1.82, 2.24) is 0 Å². The zero-order valence-corrected chi connectivity index (χ0v) is 12.0. The van der Waals surface area contributed by atoms with Gasteiger partial charge in [0.05, 0.1) is 6.04 Å². The summed E-state index contributed by atoms with van der Waals surface area (Å²) in [5.74, 6) is -0.315. The Morgan fingerprint density at radius 2 is 1.95 bits per heavy atom. The number of benzene rings is 2. The Hall–Kier alpha value is -1.94. The fourth-order valence-corrected chi connectivity index (χ4v) is 2.73. The minimum Gasteiger partial charge on any atom is -0.490 e. The van der Waals surface area contributed by atoms with Gasteiger partial charge in [0.1, 0.15) is 23.5 Å². The molecule has 110 valence electrons. The molecule has 0 bridgehead atoms. The second-order valence-corrected chi connectivity index (χ2v) is 5.60. The van der Waals surface area contributed by atoms with E-state index in [1.54, 1.807) is 6.92 Å². The first-order valence-corrected chi connectivity index (χ1v) is 6.96. The molecule has 21 heavy (non-hydrogen) atoms. The minimum atomic E-state index is -0.620. The number of rotatable bonds is 2. The van der Waals surface area contributed by atoms with Gasteiger partial charge in [-0.3, -0.25) is 0 Å². The van der Waals surface area contributed by atoms with Crippen molar-refractivity contribution in [1.29, 1.82) is 0 Å². The van der Waals surface area contributed by atoms with E-state index in [1.165, 1.54) is 6.07 Å². The molecule has 0 fully saturated rings. The molecular formula is C17H17F2NO. The van der Waals surface area contributed by atoms with Gasteiger partial charge in [-0.25, -0.2) is 8.78 Å². The van der Waals surface area contributed by atoms with E-state index in [0.717, 1.165) is 29.4 Å². The van der Waals surface area contributed by atoms with E-state index in [-0.39, 0.29) is 6.10 Å². The van der Waals surface area contributed by atoms with Crippen LogP contribution in [0.15, 0.2) is 30.3 Å². The smallest absolute Gasteiger partial charge is 0.131 e. The highest BCUT2D eigenvalue weighted by Crippen LogP contribution is 2.33. The van der Waals surface area contributed by atoms with E-state index in [1.807, 2.05) is 25.1 Å². The molecule has 0 radical (unpaired) electrons. The van der Waals surface area contributed by atoms with E-state index in [4.69, 9.17) is 10.5 Å². The summed E-state index contributed by atoms with van der Waals surface area (Å²) in [5, 5.41) is 0. The van der Waals surface area contributed by atoms with Crippen LogP contribution in [0.25, 0.3) is 0 Å². The van der Waals surface area contributed by atoms with E-state index in [2.05, 4.69) is 0 Å². The second-order valence-electron chi connectivity index (χ2n) is 5.60. The van der Waals surface area contributed by atoms with Crippen LogP contribution >= 0.6 is 0 Å². The van der Waals surface area contributed by atoms with Crippen LogP contribution < -0.4 is 10.5 Å². The van der Waals surface area contributed by atoms with Crippen LogP contribution in [0.5, 0.6) is 5.75 Å². The molecule has 0 amide bonds. The molecule has 2 atom stereocenters. The lowest BCUT2D eigenvalue weighted by atomic mass is 9.95. The quantitative estimate of drug-likeness (QED) is 0.916. The van der Waals surface area contributed by atoms with Crippen LogP contribution in [0, 0.1) is 18.6 Å². The SMILES string of the molecule is Cc1cc(C(N)c2ccc3c(c2)CC(C)O3)c(F)cc1F. The topological polar surface area (TPSA) is 35.2 Å². The molecule has 0 spiro atoms. The van der Waals surface area contributed by atoms with Gasteiger partial charge in [-0.1, -0.05) is 12.1 Å². The fourth-order valence-electron chi connectivity index (χ4n) is 2.73. The normalized spacial score (nSPS) is 18.2. The molecule has 1 aliphatic rings. The van der Waals surface area contributed by atoms with Gasteiger partial charge in [0.15, 0.2) is 0 Å². The lowest BCUT2D eigenvalue weighted by Crippen LogP contribution is -2.14. The fraction of sp³-hybridized carbons (Fsp3) is 0.294. The Bertz CT molecular complexity index is 699. The van der Waals surface area contributed by atoms with Crippen molar-refractivity contribution in [3.05, 3.63) is 64.2 Å². The van der Waals surface area contributed by atoms with Crippen molar-refractivity contribution < 1.29 is 13.5 Å². The van der Waals surface area contributed by atoms with E-state index < -0.39 is 17.7 Å². The lowest BCUT2D eigenvalue weighted by molar-refractivity contribution is 0.254. The van der Waals surface area contributed by atoms with Crippen LogP contribution in [-0.2, 0) is 6.42 Å². The number of hydrogen-bond donors (Lipinski definition) is 1. The number of ether oxygens (including phenoxy) is 1. The van der Waals surface area contributed by atoms with Crippen LogP contribution in [0.3, 0.4) is 0 Å². The van der Waals surface area contributed by atoms with Crippen molar-refractivity contribution in [3.8, 4) is 5.75 Å². The maximum atomic E-state index is 14.0.